The number of anilines is 1. The topological polar surface area (TPSA) is 63.2 Å². The molecule has 0 spiro atoms. The number of carbonyl (C=O) groups is 2. The lowest BCUT2D eigenvalue weighted by Crippen LogP contribution is -2.37. The number of rotatable bonds is 3. The van der Waals surface area contributed by atoms with Gasteiger partial charge in [0, 0.05) is 11.8 Å². The van der Waals surface area contributed by atoms with Crippen LogP contribution in [-0.2, 0) is 12.8 Å². The fourth-order valence-electron chi connectivity index (χ4n) is 3.45. The number of nitrogens with zero attached hydrogens (tertiary/aromatic N) is 3. The smallest absolute Gasteiger partial charge is 0.267 e. The van der Waals surface area contributed by atoms with Crippen LogP contribution >= 0.6 is 22.7 Å². The lowest BCUT2D eigenvalue weighted by molar-refractivity contribution is 0.0900. The largest absolute Gasteiger partial charge is 0.277 e. The van der Waals surface area contributed by atoms with Crippen LogP contribution in [0.25, 0.3) is 11.3 Å². The molecule has 5 rings (SSSR count). The van der Waals surface area contributed by atoms with Crippen LogP contribution in [-0.4, -0.2) is 21.8 Å². The second kappa shape index (κ2) is 7.35. The molecule has 5 nitrogen and oxygen atoms in total. The minimum Gasteiger partial charge on any atom is -0.267 e. The van der Waals surface area contributed by atoms with E-state index >= 15 is 0 Å². The average molecular weight is 418 g/mol. The summed E-state index contributed by atoms with van der Waals surface area (Å²) in [4.78, 5) is 37.5. The molecule has 0 saturated heterocycles. The molecular formula is C22H15N3O2S2. The Morgan fingerprint density at radius 1 is 0.828 bits per heavy atom. The fourth-order valence-corrected chi connectivity index (χ4v) is 4.76. The first-order valence-electron chi connectivity index (χ1n) is 9.12. The van der Waals surface area contributed by atoms with Gasteiger partial charge in [0.15, 0.2) is 0 Å². The van der Waals surface area contributed by atoms with Crippen LogP contribution < -0.4 is 4.90 Å². The highest BCUT2D eigenvalue weighted by Gasteiger charge is 2.31. The van der Waals surface area contributed by atoms with Gasteiger partial charge in [0.2, 0.25) is 5.95 Å². The number of imide groups is 1. The second-order valence-corrected chi connectivity index (χ2v) is 8.50. The van der Waals surface area contributed by atoms with Crippen LogP contribution in [0.5, 0.6) is 0 Å². The van der Waals surface area contributed by atoms with Gasteiger partial charge in [-0.1, -0.05) is 36.4 Å². The molecule has 1 aliphatic rings. The van der Waals surface area contributed by atoms with Gasteiger partial charge >= 0.3 is 0 Å². The zero-order chi connectivity index (χ0) is 19.8. The first-order chi connectivity index (χ1) is 14.2. The molecule has 0 unspecified atom stereocenters. The third-order valence-electron chi connectivity index (χ3n) is 4.86. The van der Waals surface area contributed by atoms with Crippen molar-refractivity contribution in [1.29, 1.82) is 0 Å². The maximum atomic E-state index is 13.2. The zero-order valence-electron chi connectivity index (χ0n) is 15.2. The number of aryl methyl sites for hydroxylation is 2. The molecule has 1 aliphatic carbocycles. The van der Waals surface area contributed by atoms with E-state index in [-0.39, 0.29) is 5.95 Å². The Bertz CT molecular complexity index is 1150. The van der Waals surface area contributed by atoms with E-state index in [4.69, 9.17) is 4.98 Å². The monoisotopic (exact) mass is 417 g/mol. The van der Waals surface area contributed by atoms with Crippen molar-refractivity contribution in [2.75, 3.05) is 4.90 Å². The minimum absolute atomic E-state index is 0.109. The number of aromatic nitrogens is 2. The van der Waals surface area contributed by atoms with E-state index in [1.165, 1.54) is 28.2 Å². The summed E-state index contributed by atoms with van der Waals surface area (Å²) in [5.74, 6) is -0.720. The van der Waals surface area contributed by atoms with Crippen molar-refractivity contribution in [2.24, 2.45) is 0 Å². The molecule has 3 aromatic heterocycles. The lowest BCUT2D eigenvalue weighted by Gasteiger charge is -2.22. The van der Waals surface area contributed by atoms with Crippen molar-refractivity contribution in [3.63, 3.8) is 0 Å². The molecule has 0 saturated carbocycles. The van der Waals surface area contributed by atoms with Crippen LogP contribution in [0.4, 0.5) is 5.95 Å². The predicted octanol–water partition coefficient (Wildman–Crippen LogP) is 4.85. The van der Waals surface area contributed by atoms with Gasteiger partial charge in [-0.05, 0) is 46.9 Å². The number of thiophene rings is 2. The highest BCUT2D eigenvalue weighted by molar-refractivity contribution is 7.13. The van der Waals surface area contributed by atoms with Gasteiger partial charge in [-0.25, -0.2) is 14.9 Å². The van der Waals surface area contributed by atoms with E-state index < -0.39 is 11.8 Å². The second-order valence-electron chi connectivity index (χ2n) is 6.60. The molecular weight excluding hydrogens is 402 g/mol. The molecule has 0 radical (unpaired) electrons. The fraction of sp³-hybridized carbons (Fsp3) is 0.0909. The summed E-state index contributed by atoms with van der Waals surface area (Å²) >= 11 is 2.58. The summed E-state index contributed by atoms with van der Waals surface area (Å²) in [5, 5.41) is 3.62. The summed E-state index contributed by atoms with van der Waals surface area (Å²) in [6, 6.07) is 15.1. The van der Waals surface area contributed by atoms with Crippen LogP contribution in [0, 0.1) is 0 Å². The van der Waals surface area contributed by atoms with Gasteiger partial charge in [0.25, 0.3) is 11.8 Å². The maximum Gasteiger partial charge on any atom is 0.277 e. The lowest BCUT2D eigenvalue weighted by atomic mass is 9.90. The quantitative estimate of drug-likeness (QED) is 0.447. The summed E-state index contributed by atoms with van der Waals surface area (Å²) in [7, 11) is 0. The Labute approximate surface area is 175 Å². The standard InChI is InChI=1S/C22H15N3O2S2/c26-20(17-7-3-11-28-17)25(21(27)18-8-4-12-29-18)22-23-13-15-10-9-14-5-1-2-6-16(14)19(15)24-22/h1-8,11-13H,9-10H2. The molecule has 4 aromatic rings. The third-order valence-corrected chi connectivity index (χ3v) is 6.57. The molecule has 0 atom stereocenters. The molecule has 142 valence electrons. The molecule has 3 heterocycles. The number of amides is 2. The predicted molar refractivity (Wildman–Crippen MR) is 115 cm³/mol. The van der Waals surface area contributed by atoms with Crippen molar-refractivity contribution < 1.29 is 9.59 Å². The summed E-state index contributed by atoms with van der Waals surface area (Å²) in [6.45, 7) is 0. The summed E-state index contributed by atoms with van der Waals surface area (Å²) in [6.07, 6.45) is 3.51. The Kier molecular flexibility index (Phi) is 4.54. The van der Waals surface area contributed by atoms with Crippen LogP contribution in [0.15, 0.2) is 65.5 Å². The molecule has 1 aromatic carbocycles. The van der Waals surface area contributed by atoms with Crippen molar-refractivity contribution in [2.45, 2.75) is 12.8 Å². The van der Waals surface area contributed by atoms with E-state index in [0.717, 1.165) is 34.6 Å². The van der Waals surface area contributed by atoms with Crippen molar-refractivity contribution in [1.82, 2.24) is 9.97 Å². The van der Waals surface area contributed by atoms with Crippen LogP contribution in [0.2, 0.25) is 0 Å². The SMILES string of the molecule is O=C(c1cccs1)N(C(=O)c1cccs1)c1ncc2c(n1)-c1ccccc1CC2. The van der Waals surface area contributed by atoms with Gasteiger partial charge in [-0.3, -0.25) is 9.59 Å². The van der Waals surface area contributed by atoms with Gasteiger partial charge in [-0.2, -0.15) is 0 Å². The molecule has 7 heteroatoms. The highest BCUT2D eigenvalue weighted by Crippen LogP contribution is 2.33. The van der Waals surface area contributed by atoms with Crippen molar-refractivity contribution in [3.8, 4) is 11.3 Å². The molecule has 29 heavy (non-hydrogen) atoms. The van der Waals surface area contributed by atoms with E-state index in [1.54, 1.807) is 30.5 Å². The van der Waals surface area contributed by atoms with E-state index in [2.05, 4.69) is 11.1 Å². The van der Waals surface area contributed by atoms with Crippen LogP contribution in [0.3, 0.4) is 0 Å². The third kappa shape index (κ3) is 3.18. The van der Waals surface area contributed by atoms with Gasteiger partial charge in [-0.15, -0.1) is 22.7 Å². The first kappa shape index (κ1) is 17.9. The van der Waals surface area contributed by atoms with E-state index in [1.807, 2.05) is 29.0 Å². The van der Waals surface area contributed by atoms with E-state index in [9.17, 15) is 9.59 Å². The number of carbonyl (C=O) groups excluding carboxylic acids is 2. The molecule has 0 aliphatic heterocycles. The zero-order valence-corrected chi connectivity index (χ0v) is 16.9. The minimum atomic E-state index is -0.414. The summed E-state index contributed by atoms with van der Waals surface area (Å²) < 4.78 is 0. The number of fused-ring (bicyclic) bond motifs is 3. The first-order valence-corrected chi connectivity index (χ1v) is 10.9. The molecule has 0 N–H and O–H groups in total. The maximum absolute atomic E-state index is 13.2. The number of hydrogen-bond donors (Lipinski definition) is 0. The number of benzene rings is 1. The molecule has 0 bridgehead atoms. The van der Waals surface area contributed by atoms with Gasteiger partial charge in [0.05, 0.1) is 15.4 Å². The van der Waals surface area contributed by atoms with Crippen LogP contribution in [0.1, 0.15) is 30.5 Å². The average Bonchev–Trinajstić information content (AvgIpc) is 3.48. The Balaban J connectivity index is 1.64. The van der Waals surface area contributed by atoms with E-state index in [0.29, 0.717) is 9.75 Å². The van der Waals surface area contributed by atoms with Gasteiger partial charge < -0.3 is 0 Å². The number of hydrogen-bond acceptors (Lipinski definition) is 6. The highest BCUT2D eigenvalue weighted by atomic mass is 32.1. The Hall–Kier alpha value is -3.16. The Morgan fingerprint density at radius 2 is 1.48 bits per heavy atom. The Morgan fingerprint density at radius 3 is 2.14 bits per heavy atom. The van der Waals surface area contributed by atoms with Gasteiger partial charge in [0.1, 0.15) is 0 Å². The summed E-state index contributed by atoms with van der Waals surface area (Å²) in [5.41, 5.74) is 4.06. The normalized spacial score (nSPS) is 12.1. The molecule has 0 fully saturated rings. The van der Waals surface area contributed by atoms with Crippen molar-refractivity contribution in [3.05, 3.63) is 86.4 Å². The van der Waals surface area contributed by atoms with Crippen molar-refractivity contribution >= 4 is 40.4 Å². The molecule has 2 amide bonds.